The highest BCUT2D eigenvalue weighted by Crippen LogP contribution is 2.09. The highest BCUT2D eigenvalue weighted by atomic mass is 16.5. The van der Waals surface area contributed by atoms with Gasteiger partial charge in [0.05, 0.1) is 12.7 Å². The van der Waals surface area contributed by atoms with Gasteiger partial charge in [0.2, 0.25) is 0 Å². The maximum absolute atomic E-state index is 5.45. The Labute approximate surface area is 92.6 Å². The SMILES string of the molecule is CCc1ccc(NCCOC(C)C)cc1. The molecule has 0 fully saturated rings. The highest BCUT2D eigenvalue weighted by Gasteiger charge is 1.94. The molecule has 84 valence electrons. The summed E-state index contributed by atoms with van der Waals surface area (Å²) in [4.78, 5) is 0. The fourth-order valence-corrected chi connectivity index (χ4v) is 1.35. The van der Waals surface area contributed by atoms with Gasteiger partial charge in [0.1, 0.15) is 0 Å². The molecule has 0 aliphatic carbocycles. The maximum Gasteiger partial charge on any atom is 0.0642 e. The third-order valence-electron chi connectivity index (χ3n) is 2.24. The number of rotatable bonds is 6. The first-order chi connectivity index (χ1) is 7.22. The average Bonchev–Trinajstić information content (AvgIpc) is 2.25. The molecule has 0 spiro atoms. The van der Waals surface area contributed by atoms with Crippen LogP contribution >= 0.6 is 0 Å². The molecule has 0 aliphatic rings. The summed E-state index contributed by atoms with van der Waals surface area (Å²) in [6.45, 7) is 7.89. The van der Waals surface area contributed by atoms with E-state index in [0.29, 0.717) is 6.10 Å². The molecule has 1 aromatic carbocycles. The molecular formula is C13H21NO. The van der Waals surface area contributed by atoms with Gasteiger partial charge in [0.25, 0.3) is 0 Å². The van der Waals surface area contributed by atoms with Crippen LogP contribution in [-0.2, 0) is 11.2 Å². The predicted octanol–water partition coefficient (Wildman–Crippen LogP) is 3.09. The van der Waals surface area contributed by atoms with Crippen LogP contribution in [0.15, 0.2) is 24.3 Å². The first-order valence-electron chi connectivity index (χ1n) is 5.66. The molecule has 2 heteroatoms. The number of hydrogen-bond acceptors (Lipinski definition) is 2. The Bertz CT molecular complexity index is 266. The van der Waals surface area contributed by atoms with Crippen molar-refractivity contribution in [2.45, 2.75) is 33.3 Å². The lowest BCUT2D eigenvalue weighted by Crippen LogP contribution is -2.13. The van der Waals surface area contributed by atoms with Crippen LogP contribution in [0.3, 0.4) is 0 Å². The van der Waals surface area contributed by atoms with Gasteiger partial charge in [-0.1, -0.05) is 19.1 Å². The van der Waals surface area contributed by atoms with Gasteiger partial charge in [-0.25, -0.2) is 0 Å². The average molecular weight is 207 g/mol. The molecular weight excluding hydrogens is 186 g/mol. The Morgan fingerprint density at radius 3 is 2.40 bits per heavy atom. The van der Waals surface area contributed by atoms with E-state index < -0.39 is 0 Å². The summed E-state index contributed by atoms with van der Waals surface area (Å²) >= 11 is 0. The fourth-order valence-electron chi connectivity index (χ4n) is 1.35. The second-order valence-corrected chi connectivity index (χ2v) is 3.90. The first-order valence-corrected chi connectivity index (χ1v) is 5.66. The van der Waals surface area contributed by atoms with E-state index in [0.717, 1.165) is 19.6 Å². The minimum atomic E-state index is 0.314. The summed E-state index contributed by atoms with van der Waals surface area (Å²) in [7, 11) is 0. The topological polar surface area (TPSA) is 21.3 Å². The van der Waals surface area contributed by atoms with Crippen LogP contribution in [0.4, 0.5) is 5.69 Å². The molecule has 0 amide bonds. The lowest BCUT2D eigenvalue weighted by Gasteiger charge is -2.09. The quantitative estimate of drug-likeness (QED) is 0.724. The van der Waals surface area contributed by atoms with Crippen LogP contribution in [0.2, 0.25) is 0 Å². The van der Waals surface area contributed by atoms with Crippen LogP contribution in [0.1, 0.15) is 26.3 Å². The Kier molecular flexibility index (Phi) is 5.19. The van der Waals surface area contributed by atoms with E-state index in [2.05, 4.69) is 50.4 Å². The molecule has 1 aromatic rings. The van der Waals surface area contributed by atoms with Gasteiger partial charge in [-0.15, -0.1) is 0 Å². The molecule has 2 nitrogen and oxygen atoms in total. The van der Waals surface area contributed by atoms with Gasteiger partial charge in [-0.05, 0) is 38.0 Å². The van der Waals surface area contributed by atoms with Crippen molar-refractivity contribution < 1.29 is 4.74 Å². The summed E-state index contributed by atoms with van der Waals surface area (Å²) in [5.41, 5.74) is 2.54. The number of aryl methyl sites for hydroxylation is 1. The molecule has 1 N–H and O–H groups in total. The van der Waals surface area contributed by atoms with Crippen molar-refractivity contribution >= 4 is 5.69 Å². The van der Waals surface area contributed by atoms with Crippen LogP contribution in [0, 0.1) is 0 Å². The van der Waals surface area contributed by atoms with Crippen molar-refractivity contribution in [3.8, 4) is 0 Å². The summed E-state index contributed by atoms with van der Waals surface area (Å²) < 4.78 is 5.45. The minimum Gasteiger partial charge on any atom is -0.383 e. The number of hydrogen-bond donors (Lipinski definition) is 1. The van der Waals surface area contributed by atoms with Crippen LogP contribution in [-0.4, -0.2) is 19.3 Å². The molecule has 0 aliphatic heterocycles. The van der Waals surface area contributed by atoms with Gasteiger partial charge in [-0.3, -0.25) is 0 Å². The largest absolute Gasteiger partial charge is 0.383 e. The highest BCUT2D eigenvalue weighted by molar-refractivity contribution is 5.44. The van der Waals surface area contributed by atoms with Gasteiger partial charge < -0.3 is 10.1 Å². The Hall–Kier alpha value is -1.02. The maximum atomic E-state index is 5.45. The number of anilines is 1. The number of benzene rings is 1. The fraction of sp³-hybridized carbons (Fsp3) is 0.538. The van der Waals surface area contributed by atoms with Gasteiger partial charge in [0.15, 0.2) is 0 Å². The van der Waals surface area contributed by atoms with E-state index >= 15 is 0 Å². The van der Waals surface area contributed by atoms with Crippen molar-refractivity contribution in [3.05, 3.63) is 29.8 Å². The molecule has 15 heavy (non-hydrogen) atoms. The van der Waals surface area contributed by atoms with E-state index in [4.69, 9.17) is 4.74 Å². The predicted molar refractivity (Wildman–Crippen MR) is 65.4 cm³/mol. The zero-order valence-corrected chi connectivity index (χ0v) is 9.92. The van der Waals surface area contributed by atoms with Gasteiger partial charge in [0, 0.05) is 12.2 Å². The third-order valence-corrected chi connectivity index (χ3v) is 2.24. The van der Waals surface area contributed by atoms with Gasteiger partial charge >= 0.3 is 0 Å². The minimum absolute atomic E-state index is 0.314. The Balaban J connectivity index is 2.25. The van der Waals surface area contributed by atoms with Crippen molar-refractivity contribution in [3.63, 3.8) is 0 Å². The third kappa shape index (κ3) is 4.84. The van der Waals surface area contributed by atoms with E-state index in [1.807, 2.05) is 0 Å². The van der Waals surface area contributed by atoms with Crippen molar-refractivity contribution in [2.75, 3.05) is 18.5 Å². The molecule has 0 aromatic heterocycles. The van der Waals surface area contributed by atoms with Crippen LogP contribution in [0.5, 0.6) is 0 Å². The van der Waals surface area contributed by atoms with E-state index in [9.17, 15) is 0 Å². The summed E-state index contributed by atoms with van der Waals surface area (Å²) in [5, 5.41) is 3.33. The Morgan fingerprint density at radius 2 is 1.87 bits per heavy atom. The molecule has 0 heterocycles. The zero-order chi connectivity index (χ0) is 11.1. The molecule has 0 unspecified atom stereocenters. The van der Waals surface area contributed by atoms with Crippen molar-refractivity contribution in [2.24, 2.45) is 0 Å². The van der Waals surface area contributed by atoms with Crippen molar-refractivity contribution in [1.29, 1.82) is 0 Å². The number of ether oxygens (including phenoxy) is 1. The van der Waals surface area contributed by atoms with E-state index in [1.54, 1.807) is 0 Å². The summed E-state index contributed by atoms with van der Waals surface area (Å²) in [5.74, 6) is 0. The zero-order valence-electron chi connectivity index (χ0n) is 9.92. The standard InChI is InChI=1S/C13H21NO/c1-4-12-5-7-13(8-6-12)14-9-10-15-11(2)3/h5-8,11,14H,4,9-10H2,1-3H3. The molecule has 0 saturated carbocycles. The second-order valence-electron chi connectivity index (χ2n) is 3.90. The lowest BCUT2D eigenvalue weighted by molar-refractivity contribution is 0.0870. The molecule has 0 bridgehead atoms. The lowest BCUT2D eigenvalue weighted by atomic mass is 10.1. The van der Waals surface area contributed by atoms with E-state index in [1.165, 1.54) is 11.3 Å². The molecule has 0 atom stereocenters. The molecule has 0 saturated heterocycles. The normalized spacial score (nSPS) is 10.7. The first kappa shape index (κ1) is 12.1. The van der Waals surface area contributed by atoms with Crippen molar-refractivity contribution in [1.82, 2.24) is 0 Å². The summed E-state index contributed by atoms with van der Waals surface area (Å²) in [6, 6.07) is 8.56. The molecule has 1 rings (SSSR count). The van der Waals surface area contributed by atoms with Gasteiger partial charge in [-0.2, -0.15) is 0 Å². The summed E-state index contributed by atoms with van der Waals surface area (Å²) in [6.07, 6.45) is 1.41. The monoisotopic (exact) mass is 207 g/mol. The Morgan fingerprint density at radius 1 is 1.20 bits per heavy atom. The smallest absolute Gasteiger partial charge is 0.0642 e. The van der Waals surface area contributed by atoms with Crippen LogP contribution in [0.25, 0.3) is 0 Å². The molecule has 0 radical (unpaired) electrons. The number of nitrogens with one attached hydrogen (secondary N) is 1. The van der Waals surface area contributed by atoms with E-state index in [-0.39, 0.29) is 0 Å². The second kappa shape index (κ2) is 6.46. The van der Waals surface area contributed by atoms with Crippen LogP contribution < -0.4 is 5.32 Å².